The summed E-state index contributed by atoms with van der Waals surface area (Å²) in [5.74, 6) is -0.320. The number of rotatable bonds is 7. The molecule has 0 unspecified atom stereocenters. The Morgan fingerprint density at radius 2 is 2.03 bits per heavy atom. The molecule has 2 aromatic rings. The zero-order valence-corrected chi connectivity index (χ0v) is 16.9. The molecule has 1 aliphatic heterocycles. The van der Waals surface area contributed by atoms with Crippen molar-refractivity contribution in [3.05, 3.63) is 32.3 Å². The Morgan fingerprint density at radius 1 is 1.28 bits per heavy atom. The predicted molar refractivity (Wildman–Crippen MR) is 104 cm³/mol. The number of nitrogens with two attached hydrogens (primary N) is 1. The first kappa shape index (κ1) is 19.9. The van der Waals surface area contributed by atoms with Crippen LogP contribution in [0.1, 0.15) is 41.6 Å². The van der Waals surface area contributed by atoms with Crippen LogP contribution in [0.4, 0.5) is 5.82 Å². The molecule has 3 N–H and O–H groups in total. The molecule has 1 aliphatic carbocycles. The van der Waals surface area contributed by atoms with E-state index >= 15 is 0 Å². The van der Waals surface area contributed by atoms with Crippen molar-refractivity contribution in [1.29, 1.82) is 0 Å². The largest absolute Gasteiger partial charge is 0.416 e. The Labute approximate surface area is 169 Å². The molecule has 0 amide bonds. The number of thioether (sulfide) groups is 1. The fourth-order valence-electron chi connectivity index (χ4n) is 3.39. The molecule has 0 bridgehead atoms. The van der Waals surface area contributed by atoms with Crippen LogP contribution in [0.5, 0.6) is 0 Å². The molecule has 0 radical (unpaired) electrons. The van der Waals surface area contributed by atoms with Crippen LogP contribution in [-0.4, -0.2) is 51.2 Å². The number of aromatic amines is 1. The molecule has 2 aromatic heterocycles. The van der Waals surface area contributed by atoms with Gasteiger partial charge in [-0.1, -0.05) is 11.8 Å². The van der Waals surface area contributed by atoms with Gasteiger partial charge in [0.1, 0.15) is 11.4 Å². The lowest BCUT2D eigenvalue weighted by molar-refractivity contribution is 0.102. The predicted octanol–water partition coefficient (Wildman–Crippen LogP) is -0.211. The highest BCUT2D eigenvalue weighted by Crippen LogP contribution is 2.35. The van der Waals surface area contributed by atoms with Crippen LogP contribution in [-0.2, 0) is 16.3 Å². The van der Waals surface area contributed by atoms with Gasteiger partial charge in [0.05, 0.1) is 17.3 Å². The topological polar surface area (TPSA) is 171 Å². The van der Waals surface area contributed by atoms with Crippen molar-refractivity contribution in [1.82, 2.24) is 19.7 Å². The molecule has 1 saturated carbocycles. The Bertz CT molecular complexity index is 1180. The van der Waals surface area contributed by atoms with Crippen LogP contribution in [0, 0.1) is 5.92 Å². The van der Waals surface area contributed by atoms with Crippen LogP contribution >= 0.6 is 11.8 Å². The minimum atomic E-state index is -2.99. The lowest BCUT2D eigenvalue weighted by Gasteiger charge is -2.10. The maximum atomic E-state index is 12.5. The number of aromatic nitrogens is 4. The van der Waals surface area contributed by atoms with Gasteiger partial charge in [0.15, 0.2) is 15.6 Å². The number of nitrogen functional groups attached to an aromatic ring is 1. The van der Waals surface area contributed by atoms with E-state index in [0.717, 1.165) is 24.6 Å². The van der Waals surface area contributed by atoms with E-state index in [0.29, 0.717) is 18.7 Å². The van der Waals surface area contributed by atoms with Crippen molar-refractivity contribution in [2.45, 2.75) is 36.9 Å². The van der Waals surface area contributed by atoms with E-state index < -0.39 is 26.9 Å². The Hall–Kier alpha value is -2.41. The first-order chi connectivity index (χ1) is 13.7. The average molecular weight is 441 g/mol. The minimum Gasteiger partial charge on any atom is -0.416 e. The van der Waals surface area contributed by atoms with Gasteiger partial charge < -0.3 is 10.2 Å². The summed E-state index contributed by atoms with van der Waals surface area (Å²) in [4.78, 5) is 38.7. The summed E-state index contributed by atoms with van der Waals surface area (Å²) in [5, 5.41) is 7.87. The van der Waals surface area contributed by atoms with Gasteiger partial charge in [0, 0.05) is 12.5 Å². The molecule has 156 valence electrons. The zero-order valence-electron chi connectivity index (χ0n) is 15.3. The number of carbonyl (C=O) groups is 1. The normalized spacial score (nSPS) is 20.8. The van der Waals surface area contributed by atoms with E-state index in [9.17, 15) is 22.8 Å². The third-order valence-electron chi connectivity index (χ3n) is 4.94. The van der Waals surface area contributed by atoms with E-state index in [1.54, 1.807) is 0 Å². The van der Waals surface area contributed by atoms with E-state index in [2.05, 4.69) is 15.2 Å². The van der Waals surface area contributed by atoms with E-state index in [1.807, 2.05) is 0 Å². The molecular weight excluding hydrogens is 422 g/mol. The highest BCUT2D eigenvalue weighted by atomic mass is 32.2. The molecule has 0 aromatic carbocycles. The van der Waals surface area contributed by atoms with Gasteiger partial charge in [-0.3, -0.25) is 19.1 Å². The number of ketones is 1. The Balaban J connectivity index is 1.42. The third-order valence-corrected chi connectivity index (χ3v) is 7.59. The molecule has 13 heteroatoms. The molecule has 1 saturated heterocycles. The Morgan fingerprint density at radius 3 is 2.69 bits per heavy atom. The van der Waals surface area contributed by atoms with Crippen LogP contribution in [0.15, 0.2) is 19.2 Å². The number of sulfone groups is 1. The van der Waals surface area contributed by atoms with E-state index in [4.69, 9.17) is 10.2 Å². The van der Waals surface area contributed by atoms with Crippen molar-refractivity contribution in [3.63, 3.8) is 0 Å². The second-order valence-electron chi connectivity index (χ2n) is 7.27. The molecule has 4 rings (SSSR count). The van der Waals surface area contributed by atoms with Crippen molar-refractivity contribution in [3.8, 4) is 0 Å². The van der Waals surface area contributed by atoms with Gasteiger partial charge >= 0.3 is 5.69 Å². The van der Waals surface area contributed by atoms with Crippen molar-refractivity contribution in [2.75, 3.05) is 23.0 Å². The monoisotopic (exact) mass is 441 g/mol. The van der Waals surface area contributed by atoms with E-state index in [1.165, 1.54) is 4.57 Å². The molecular formula is C16H19N5O6S2. The SMILES string of the molecule is Nc1c(C(=O)CSc2nnc(C[C@@H]3CCS(=O)(=O)C3)o2)c(=O)[nH]c(=O)n1C1CC1. The number of anilines is 1. The standard InChI is InChI=1S/C16H19N5O6S2/c17-13-12(14(23)18-15(24)21(13)9-1-2-9)10(22)6-28-16-20-19-11(27-16)5-8-3-4-29(25,26)7-8/h8-9H,1-7,17H2,(H,18,23,24)/t8-/m0/s1. The summed E-state index contributed by atoms with van der Waals surface area (Å²) in [7, 11) is -2.99. The molecule has 2 aliphatic rings. The number of H-pyrrole nitrogens is 1. The van der Waals surface area contributed by atoms with Crippen LogP contribution in [0.2, 0.25) is 0 Å². The first-order valence-corrected chi connectivity index (χ1v) is 11.9. The highest BCUT2D eigenvalue weighted by molar-refractivity contribution is 7.99. The summed E-state index contributed by atoms with van der Waals surface area (Å²) in [6.07, 6.45) is 2.46. The first-order valence-electron chi connectivity index (χ1n) is 9.06. The van der Waals surface area contributed by atoms with Gasteiger partial charge in [-0.25, -0.2) is 13.2 Å². The fraction of sp³-hybridized carbons (Fsp3) is 0.562. The minimum absolute atomic E-state index is 0.0539. The molecule has 3 heterocycles. The van der Waals surface area contributed by atoms with E-state index in [-0.39, 0.29) is 45.8 Å². The number of carbonyl (C=O) groups excluding carboxylic acids is 1. The van der Waals surface area contributed by atoms with Gasteiger partial charge in [0.2, 0.25) is 5.89 Å². The molecule has 11 nitrogen and oxygen atoms in total. The molecule has 1 atom stereocenters. The van der Waals surface area contributed by atoms with Crippen molar-refractivity contribution < 1.29 is 17.6 Å². The Kier molecular flexibility index (Phi) is 5.11. The number of hydrogen-bond acceptors (Lipinski definition) is 10. The van der Waals surface area contributed by atoms with Crippen LogP contribution < -0.4 is 17.0 Å². The summed E-state index contributed by atoms with van der Waals surface area (Å²) >= 11 is 0.950. The van der Waals surface area contributed by atoms with Crippen molar-refractivity contribution in [2.24, 2.45) is 5.92 Å². The smallest absolute Gasteiger partial charge is 0.330 e. The fourth-order valence-corrected chi connectivity index (χ4v) is 5.90. The summed E-state index contributed by atoms with van der Waals surface area (Å²) in [5.41, 5.74) is 4.24. The summed E-state index contributed by atoms with van der Waals surface area (Å²) in [6, 6.07) is -0.0866. The molecule has 29 heavy (non-hydrogen) atoms. The van der Waals surface area contributed by atoms with Gasteiger partial charge in [-0.05, 0) is 25.2 Å². The van der Waals surface area contributed by atoms with Gasteiger partial charge in [-0.2, -0.15) is 0 Å². The van der Waals surface area contributed by atoms with Crippen molar-refractivity contribution >= 4 is 33.2 Å². The number of Topliss-reactive ketones (excluding diaryl/α,β-unsaturated/α-hetero) is 1. The second kappa shape index (κ2) is 7.44. The molecule has 2 fully saturated rings. The highest BCUT2D eigenvalue weighted by Gasteiger charge is 2.31. The second-order valence-corrected chi connectivity index (χ2v) is 10.4. The zero-order chi connectivity index (χ0) is 20.8. The van der Waals surface area contributed by atoms with Gasteiger partial charge in [-0.15, -0.1) is 10.2 Å². The molecule has 0 spiro atoms. The lowest BCUT2D eigenvalue weighted by atomic mass is 10.1. The van der Waals surface area contributed by atoms with Gasteiger partial charge in [0.25, 0.3) is 10.8 Å². The van der Waals surface area contributed by atoms with Crippen LogP contribution in [0.3, 0.4) is 0 Å². The maximum Gasteiger partial charge on any atom is 0.330 e. The number of nitrogens with zero attached hydrogens (tertiary/aromatic N) is 3. The average Bonchev–Trinajstić information content (AvgIpc) is 3.25. The third kappa shape index (κ3) is 4.29. The maximum absolute atomic E-state index is 12.5. The summed E-state index contributed by atoms with van der Waals surface area (Å²) < 4.78 is 29.8. The lowest BCUT2D eigenvalue weighted by Crippen LogP contribution is -2.36. The number of nitrogens with one attached hydrogen (secondary N) is 1. The number of hydrogen-bond donors (Lipinski definition) is 2. The van der Waals surface area contributed by atoms with Crippen LogP contribution in [0.25, 0.3) is 0 Å². The summed E-state index contributed by atoms with van der Waals surface area (Å²) in [6.45, 7) is 0. The quantitative estimate of drug-likeness (QED) is 0.432.